The predicted molar refractivity (Wildman–Crippen MR) is 65.0 cm³/mol. The van der Waals surface area contributed by atoms with Gasteiger partial charge in [0.2, 0.25) is 5.91 Å². The number of nitrogens with one attached hydrogen (secondary N) is 1. The van der Waals surface area contributed by atoms with Crippen molar-refractivity contribution in [2.75, 3.05) is 16.8 Å². The molecular weight excluding hydrogens is 208 g/mol. The summed E-state index contributed by atoms with van der Waals surface area (Å²) in [5.41, 5.74) is 0.757. The molecule has 0 aliphatic rings. The lowest BCUT2D eigenvalue weighted by Gasteiger charge is -2.05. The monoisotopic (exact) mass is 224 g/mol. The molecular formula is C11H16N2OS. The highest BCUT2D eigenvalue weighted by molar-refractivity contribution is 7.99. The maximum absolute atomic E-state index is 11.4. The number of anilines is 1. The summed E-state index contributed by atoms with van der Waals surface area (Å²) < 4.78 is 0. The molecule has 1 N–H and O–H groups in total. The van der Waals surface area contributed by atoms with Crippen LogP contribution in [0.25, 0.3) is 0 Å². The van der Waals surface area contributed by atoms with Gasteiger partial charge in [-0.05, 0) is 23.8 Å². The fraction of sp³-hybridized carbons (Fsp3) is 0.455. The van der Waals surface area contributed by atoms with Gasteiger partial charge >= 0.3 is 0 Å². The van der Waals surface area contributed by atoms with E-state index in [1.807, 2.05) is 6.07 Å². The summed E-state index contributed by atoms with van der Waals surface area (Å²) >= 11 is 1.66. The van der Waals surface area contributed by atoms with Crippen LogP contribution in [-0.4, -0.2) is 22.4 Å². The summed E-state index contributed by atoms with van der Waals surface area (Å²) in [7, 11) is 0. The Kier molecular flexibility index (Phi) is 5.18. The minimum atomic E-state index is 0.0358. The Morgan fingerprint density at radius 1 is 1.60 bits per heavy atom. The smallest absolute Gasteiger partial charge is 0.234 e. The maximum Gasteiger partial charge on any atom is 0.234 e. The van der Waals surface area contributed by atoms with E-state index in [1.54, 1.807) is 30.2 Å². The number of rotatable bonds is 5. The molecule has 0 aliphatic carbocycles. The lowest BCUT2D eigenvalue weighted by Crippen LogP contribution is -2.14. The summed E-state index contributed by atoms with van der Waals surface area (Å²) in [5, 5.41) is 2.79. The van der Waals surface area contributed by atoms with Crippen molar-refractivity contribution in [1.82, 2.24) is 4.98 Å². The van der Waals surface area contributed by atoms with Gasteiger partial charge in [0, 0.05) is 6.20 Å². The molecule has 0 saturated carbocycles. The first-order valence-electron chi connectivity index (χ1n) is 4.96. The van der Waals surface area contributed by atoms with Crippen LogP contribution in [0.15, 0.2) is 24.5 Å². The average Bonchev–Trinajstić information content (AvgIpc) is 2.18. The highest BCUT2D eigenvalue weighted by atomic mass is 32.2. The number of hydrogen-bond acceptors (Lipinski definition) is 3. The van der Waals surface area contributed by atoms with Crippen LogP contribution in [0.4, 0.5) is 5.69 Å². The molecule has 0 spiro atoms. The van der Waals surface area contributed by atoms with Crippen molar-refractivity contribution in [3.8, 4) is 0 Å². The Labute approximate surface area is 94.7 Å². The van der Waals surface area contributed by atoms with Gasteiger partial charge in [0.05, 0.1) is 17.6 Å². The zero-order valence-electron chi connectivity index (χ0n) is 9.06. The molecule has 0 fully saturated rings. The van der Waals surface area contributed by atoms with Crippen molar-refractivity contribution >= 4 is 23.4 Å². The van der Waals surface area contributed by atoms with E-state index in [2.05, 4.69) is 24.1 Å². The van der Waals surface area contributed by atoms with Gasteiger partial charge in [0.15, 0.2) is 0 Å². The van der Waals surface area contributed by atoms with Crippen molar-refractivity contribution < 1.29 is 4.79 Å². The Hall–Kier alpha value is -1.03. The highest BCUT2D eigenvalue weighted by Gasteiger charge is 2.03. The first-order valence-corrected chi connectivity index (χ1v) is 6.11. The van der Waals surface area contributed by atoms with Crippen molar-refractivity contribution in [1.29, 1.82) is 0 Å². The summed E-state index contributed by atoms with van der Waals surface area (Å²) in [6.45, 7) is 4.29. The normalized spacial score (nSPS) is 10.3. The average molecular weight is 224 g/mol. The van der Waals surface area contributed by atoms with Crippen LogP contribution in [0.5, 0.6) is 0 Å². The predicted octanol–water partition coefficient (Wildman–Crippen LogP) is 2.41. The minimum absolute atomic E-state index is 0.0358. The Morgan fingerprint density at radius 2 is 2.40 bits per heavy atom. The van der Waals surface area contributed by atoms with Crippen molar-refractivity contribution in [2.24, 2.45) is 5.92 Å². The first kappa shape index (κ1) is 12.0. The molecule has 82 valence electrons. The molecule has 1 aromatic rings. The number of carbonyl (C=O) groups is 1. The third-order valence-electron chi connectivity index (χ3n) is 1.63. The number of thioether (sulfide) groups is 1. The number of aromatic nitrogens is 1. The second-order valence-electron chi connectivity index (χ2n) is 3.70. The number of amides is 1. The van der Waals surface area contributed by atoms with Crippen LogP contribution >= 0.6 is 11.8 Å². The topological polar surface area (TPSA) is 42.0 Å². The van der Waals surface area contributed by atoms with E-state index in [9.17, 15) is 4.79 Å². The van der Waals surface area contributed by atoms with Gasteiger partial charge in [-0.1, -0.05) is 13.8 Å². The lowest BCUT2D eigenvalue weighted by molar-refractivity contribution is -0.113. The van der Waals surface area contributed by atoms with E-state index in [-0.39, 0.29) is 5.91 Å². The molecule has 15 heavy (non-hydrogen) atoms. The quantitative estimate of drug-likeness (QED) is 0.835. The van der Waals surface area contributed by atoms with E-state index >= 15 is 0 Å². The number of carbonyl (C=O) groups excluding carboxylic acids is 1. The van der Waals surface area contributed by atoms with Gasteiger partial charge in [-0.25, -0.2) is 0 Å². The molecule has 4 heteroatoms. The highest BCUT2D eigenvalue weighted by Crippen LogP contribution is 2.09. The fourth-order valence-corrected chi connectivity index (χ4v) is 1.87. The minimum Gasteiger partial charge on any atom is -0.324 e. The molecule has 1 heterocycles. The van der Waals surface area contributed by atoms with E-state index < -0.39 is 0 Å². The van der Waals surface area contributed by atoms with Gasteiger partial charge in [-0.2, -0.15) is 11.8 Å². The zero-order valence-corrected chi connectivity index (χ0v) is 9.88. The largest absolute Gasteiger partial charge is 0.324 e. The zero-order chi connectivity index (χ0) is 11.1. The molecule has 0 bridgehead atoms. The SMILES string of the molecule is CC(C)CSCC(=O)Nc1cccnc1. The summed E-state index contributed by atoms with van der Waals surface area (Å²) in [6, 6.07) is 3.63. The molecule has 1 aromatic heterocycles. The number of nitrogens with zero attached hydrogens (tertiary/aromatic N) is 1. The summed E-state index contributed by atoms with van der Waals surface area (Å²) in [6.07, 6.45) is 3.33. The van der Waals surface area contributed by atoms with Gasteiger partial charge in [0.25, 0.3) is 0 Å². The van der Waals surface area contributed by atoms with Crippen molar-refractivity contribution in [2.45, 2.75) is 13.8 Å². The first-order chi connectivity index (χ1) is 7.18. The Balaban J connectivity index is 2.25. The van der Waals surface area contributed by atoms with E-state index in [1.165, 1.54) is 0 Å². The molecule has 0 radical (unpaired) electrons. The van der Waals surface area contributed by atoms with Gasteiger partial charge < -0.3 is 5.32 Å². The lowest BCUT2D eigenvalue weighted by atomic mass is 10.3. The molecule has 0 saturated heterocycles. The van der Waals surface area contributed by atoms with Crippen molar-refractivity contribution in [3.63, 3.8) is 0 Å². The molecule has 0 aliphatic heterocycles. The van der Waals surface area contributed by atoms with Crippen LogP contribution in [0.3, 0.4) is 0 Å². The number of hydrogen-bond donors (Lipinski definition) is 1. The summed E-state index contributed by atoms with van der Waals surface area (Å²) in [5.74, 6) is 2.18. The second kappa shape index (κ2) is 6.45. The van der Waals surface area contributed by atoms with Crippen molar-refractivity contribution in [3.05, 3.63) is 24.5 Å². The Bertz CT molecular complexity index is 301. The van der Waals surface area contributed by atoms with E-state index in [0.717, 1.165) is 11.4 Å². The summed E-state index contributed by atoms with van der Waals surface area (Å²) in [4.78, 5) is 15.4. The van der Waals surface area contributed by atoms with Crippen LogP contribution in [0.1, 0.15) is 13.8 Å². The molecule has 0 unspecified atom stereocenters. The Morgan fingerprint density at radius 3 is 3.00 bits per heavy atom. The maximum atomic E-state index is 11.4. The van der Waals surface area contributed by atoms with Crippen LogP contribution < -0.4 is 5.32 Å². The third kappa shape index (κ3) is 5.42. The van der Waals surface area contributed by atoms with E-state index in [4.69, 9.17) is 0 Å². The van der Waals surface area contributed by atoms with Crippen LogP contribution in [0.2, 0.25) is 0 Å². The molecule has 0 aromatic carbocycles. The molecule has 3 nitrogen and oxygen atoms in total. The van der Waals surface area contributed by atoms with E-state index in [0.29, 0.717) is 11.7 Å². The second-order valence-corrected chi connectivity index (χ2v) is 4.73. The van der Waals surface area contributed by atoms with Gasteiger partial charge in [-0.3, -0.25) is 9.78 Å². The van der Waals surface area contributed by atoms with Crippen LogP contribution in [-0.2, 0) is 4.79 Å². The molecule has 0 atom stereocenters. The molecule has 1 amide bonds. The molecule has 1 rings (SSSR count). The van der Waals surface area contributed by atoms with Gasteiger partial charge in [0.1, 0.15) is 0 Å². The third-order valence-corrected chi connectivity index (χ3v) is 3.00. The van der Waals surface area contributed by atoms with Gasteiger partial charge in [-0.15, -0.1) is 0 Å². The standard InChI is InChI=1S/C11H16N2OS/c1-9(2)7-15-8-11(14)13-10-4-3-5-12-6-10/h3-6,9H,7-8H2,1-2H3,(H,13,14). The number of pyridine rings is 1. The fourth-order valence-electron chi connectivity index (χ4n) is 1.02. The van der Waals surface area contributed by atoms with Crippen LogP contribution in [0, 0.1) is 5.92 Å².